The van der Waals surface area contributed by atoms with Crippen molar-refractivity contribution in [3.63, 3.8) is 0 Å². The molecule has 2 unspecified atom stereocenters. The number of hydrogen-bond acceptors (Lipinski definition) is 1. The van der Waals surface area contributed by atoms with E-state index in [2.05, 4.69) is 43.0 Å². The molecule has 112 valence electrons. The Labute approximate surface area is 133 Å². The fourth-order valence-electron chi connectivity index (χ4n) is 2.17. The molecule has 0 aromatic rings. The average Bonchev–Trinajstić information content (AvgIpc) is 2.42. The van der Waals surface area contributed by atoms with Crippen LogP contribution in [0.2, 0.25) is 0 Å². The molecular weight excluding hydrogens is 349 g/mol. The highest BCUT2D eigenvalue weighted by Gasteiger charge is 2.15. The van der Waals surface area contributed by atoms with Gasteiger partial charge in [-0.25, -0.2) is 0 Å². The summed E-state index contributed by atoms with van der Waals surface area (Å²) in [5.74, 6) is 0.829. The van der Waals surface area contributed by atoms with Crippen LogP contribution in [0, 0.1) is 5.92 Å². The molecule has 2 nitrogen and oxygen atoms in total. The van der Waals surface area contributed by atoms with Gasteiger partial charge in [0.25, 0.3) is 0 Å². The average molecular weight is 379 g/mol. The van der Waals surface area contributed by atoms with Gasteiger partial charge in [-0.2, -0.15) is 0 Å². The van der Waals surface area contributed by atoms with Crippen LogP contribution < -0.4 is 0 Å². The van der Waals surface area contributed by atoms with E-state index in [0.29, 0.717) is 12.3 Å². The molecule has 1 amide bonds. The Hall–Kier alpha value is -0.0600. The predicted octanol–water partition coefficient (Wildman–Crippen LogP) is 5.17. The topological polar surface area (TPSA) is 20.3 Å². The molecule has 0 N–H and O–H groups in total. The van der Waals surface area contributed by atoms with Gasteiger partial charge in [-0.05, 0) is 37.8 Å². The Morgan fingerprint density at radius 1 is 1.26 bits per heavy atom. The van der Waals surface area contributed by atoms with Crippen LogP contribution in [0.25, 0.3) is 0 Å². The maximum absolute atomic E-state index is 11.9. The fraction of sp³-hybridized carbons (Fsp3) is 0.812. The van der Waals surface area contributed by atoms with Crippen LogP contribution in [0.3, 0.4) is 0 Å². The molecule has 0 fully saturated rings. The molecule has 0 spiro atoms. The molecule has 0 heterocycles. The molecule has 0 aliphatic carbocycles. The minimum atomic E-state index is 0.219. The number of rotatable bonds is 11. The highest BCUT2D eigenvalue weighted by molar-refractivity contribution is 14.1. The molecule has 0 aliphatic rings. The van der Waals surface area contributed by atoms with Gasteiger partial charge < -0.3 is 4.90 Å². The molecule has 0 aromatic heterocycles. The van der Waals surface area contributed by atoms with E-state index in [1.165, 1.54) is 25.7 Å². The number of nitrogens with zero attached hydrogens (tertiary/aromatic N) is 1. The number of alkyl halides is 1. The van der Waals surface area contributed by atoms with E-state index in [1.54, 1.807) is 6.20 Å². The lowest BCUT2D eigenvalue weighted by Crippen LogP contribution is -2.30. The highest BCUT2D eigenvalue weighted by atomic mass is 127. The second-order valence-electron chi connectivity index (χ2n) is 5.19. The largest absolute Gasteiger partial charge is 0.319 e. The Bertz CT molecular complexity index is 255. The van der Waals surface area contributed by atoms with Crippen molar-refractivity contribution in [2.24, 2.45) is 5.92 Å². The number of hydrogen-bond donors (Lipinski definition) is 0. The van der Waals surface area contributed by atoms with E-state index in [4.69, 9.17) is 0 Å². The Balaban J connectivity index is 4.14. The molecule has 3 heteroatoms. The summed E-state index contributed by atoms with van der Waals surface area (Å²) >= 11 is 2.54. The zero-order chi connectivity index (χ0) is 14.7. The van der Waals surface area contributed by atoms with Crippen LogP contribution in [0.5, 0.6) is 0 Å². The van der Waals surface area contributed by atoms with E-state index in [1.807, 2.05) is 11.8 Å². The molecule has 0 saturated carbocycles. The first kappa shape index (κ1) is 18.9. The van der Waals surface area contributed by atoms with E-state index >= 15 is 0 Å². The van der Waals surface area contributed by atoms with Crippen molar-refractivity contribution in [1.82, 2.24) is 4.90 Å². The monoisotopic (exact) mass is 379 g/mol. The van der Waals surface area contributed by atoms with Crippen molar-refractivity contribution in [2.75, 3.05) is 6.54 Å². The summed E-state index contributed by atoms with van der Waals surface area (Å²) in [6.07, 6.45) is 9.43. The number of carbonyl (C=O) groups excluding carboxylic acids is 1. The van der Waals surface area contributed by atoms with Gasteiger partial charge in [0.15, 0.2) is 0 Å². The zero-order valence-corrected chi connectivity index (χ0v) is 15.0. The summed E-state index contributed by atoms with van der Waals surface area (Å²) in [6, 6.07) is 0. The molecule has 19 heavy (non-hydrogen) atoms. The van der Waals surface area contributed by atoms with Gasteiger partial charge in [-0.15, -0.1) is 0 Å². The first-order valence-electron chi connectivity index (χ1n) is 7.64. The van der Waals surface area contributed by atoms with E-state index in [0.717, 1.165) is 23.3 Å². The lowest BCUT2D eigenvalue weighted by atomic mass is 9.97. The zero-order valence-electron chi connectivity index (χ0n) is 12.8. The van der Waals surface area contributed by atoms with Gasteiger partial charge in [0.05, 0.1) is 0 Å². The van der Waals surface area contributed by atoms with E-state index in [-0.39, 0.29) is 5.91 Å². The van der Waals surface area contributed by atoms with Crippen molar-refractivity contribution >= 4 is 28.5 Å². The van der Waals surface area contributed by atoms with E-state index < -0.39 is 0 Å². The first-order chi connectivity index (χ1) is 9.08. The second kappa shape index (κ2) is 11.7. The third-order valence-electron chi connectivity index (χ3n) is 3.61. The van der Waals surface area contributed by atoms with Crippen molar-refractivity contribution in [3.05, 3.63) is 12.8 Å². The maximum atomic E-state index is 11.9. The van der Waals surface area contributed by atoms with Gasteiger partial charge in [-0.1, -0.05) is 62.8 Å². The lowest BCUT2D eigenvalue weighted by Gasteiger charge is -2.24. The third kappa shape index (κ3) is 8.66. The number of carbonyl (C=O) groups is 1. The van der Waals surface area contributed by atoms with Crippen LogP contribution in [-0.2, 0) is 4.79 Å². The lowest BCUT2D eigenvalue weighted by molar-refractivity contribution is -0.129. The quantitative estimate of drug-likeness (QED) is 0.358. The van der Waals surface area contributed by atoms with Crippen molar-refractivity contribution < 1.29 is 4.79 Å². The normalized spacial score (nSPS) is 13.9. The Morgan fingerprint density at radius 2 is 1.95 bits per heavy atom. The Morgan fingerprint density at radius 3 is 2.42 bits per heavy atom. The van der Waals surface area contributed by atoms with Crippen LogP contribution in [0.15, 0.2) is 12.8 Å². The molecule has 0 saturated heterocycles. The van der Waals surface area contributed by atoms with Crippen LogP contribution in [0.4, 0.5) is 0 Å². The first-order valence-corrected chi connectivity index (χ1v) is 8.89. The second-order valence-corrected chi connectivity index (χ2v) is 6.95. The minimum Gasteiger partial charge on any atom is -0.319 e. The number of halogens is 1. The highest BCUT2D eigenvalue weighted by Crippen LogP contribution is 2.19. The third-order valence-corrected chi connectivity index (χ3v) is 5.11. The van der Waals surface area contributed by atoms with Gasteiger partial charge in [0.1, 0.15) is 0 Å². The Kier molecular flexibility index (Phi) is 11.7. The molecular formula is C16H30INO. The summed E-state index contributed by atoms with van der Waals surface area (Å²) in [6.45, 7) is 11.1. The van der Waals surface area contributed by atoms with Crippen molar-refractivity contribution in [1.29, 1.82) is 0 Å². The molecule has 0 aliphatic heterocycles. The summed E-state index contributed by atoms with van der Waals surface area (Å²) in [4.78, 5) is 13.7. The molecule has 0 radical (unpaired) electrons. The molecule has 0 bridgehead atoms. The maximum Gasteiger partial charge on any atom is 0.226 e. The summed E-state index contributed by atoms with van der Waals surface area (Å²) in [5, 5.41) is 0. The van der Waals surface area contributed by atoms with Crippen molar-refractivity contribution in [3.8, 4) is 0 Å². The summed E-state index contributed by atoms with van der Waals surface area (Å²) < 4.78 is 0.798. The summed E-state index contributed by atoms with van der Waals surface area (Å²) in [7, 11) is 0. The standard InChI is InChI=1S/C16H30INO/c1-5-10-16(19)18(8-4)13-14(6-2)11-9-12-15(17)7-3/h8,14-15H,4-7,9-13H2,1-3H3. The van der Waals surface area contributed by atoms with Crippen LogP contribution in [0.1, 0.15) is 65.7 Å². The molecule has 0 rings (SSSR count). The minimum absolute atomic E-state index is 0.219. The van der Waals surface area contributed by atoms with Crippen LogP contribution >= 0.6 is 22.6 Å². The smallest absolute Gasteiger partial charge is 0.226 e. The summed E-state index contributed by atoms with van der Waals surface area (Å²) in [5.41, 5.74) is 0. The van der Waals surface area contributed by atoms with Gasteiger partial charge in [0, 0.05) is 16.9 Å². The fourth-order valence-corrected chi connectivity index (χ4v) is 2.61. The van der Waals surface area contributed by atoms with E-state index in [9.17, 15) is 4.79 Å². The molecule has 2 atom stereocenters. The molecule has 0 aromatic carbocycles. The van der Waals surface area contributed by atoms with Crippen LogP contribution in [-0.4, -0.2) is 21.3 Å². The van der Waals surface area contributed by atoms with Gasteiger partial charge in [0.2, 0.25) is 5.91 Å². The van der Waals surface area contributed by atoms with Gasteiger partial charge in [-0.3, -0.25) is 4.79 Å². The SMILES string of the molecule is C=CN(CC(CC)CCCC(I)CC)C(=O)CCC. The van der Waals surface area contributed by atoms with Gasteiger partial charge >= 0.3 is 0 Å². The number of amides is 1. The van der Waals surface area contributed by atoms with Crippen molar-refractivity contribution in [2.45, 2.75) is 69.6 Å². The predicted molar refractivity (Wildman–Crippen MR) is 92.5 cm³/mol.